The van der Waals surface area contributed by atoms with E-state index in [2.05, 4.69) is 0 Å². The van der Waals surface area contributed by atoms with Crippen molar-refractivity contribution in [3.8, 4) is 0 Å². The van der Waals surface area contributed by atoms with Crippen LogP contribution in [0.5, 0.6) is 0 Å². The van der Waals surface area contributed by atoms with Gasteiger partial charge in [0.25, 0.3) is 0 Å². The van der Waals surface area contributed by atoms with E-state index in [1.807, 2.05) is 6.07 Å². The van der Waals surface area contributed by atoms with Gasteiger partial charge in [0.05, 0.1) is 0 Å². The zero-order valence-corrected chi connectivity index (χ0v) is 12.3. The number of sulfonamides is 1. The van der Waals surface area contributed by atoms with Crippen molar-refractivity contribution in [1.82, 2.24) is 4.31 Å². The second kappa shape index (κ2) is 6.32. The van der Waals surface area contributed by atoms with Crippen molar-refractivity contribution < 1.29 is 17.2 Å². The average molecular weight is 311 g/mol. The molecule has 3 nitrogen and oxygen atoms in total. The molecule has 0 N–H and O–H groups in total. The first-order valence-electron chi connectivity index (χ1n) is 6.44. The van der Waals surface area contributed by atoms with Crippen LogP contribution in [0.4, 0.5) is 8.78 Å². The third-order valence-electron chi connectivity index (χ3n) is 3.07. The van der Waals surface area contributed by atoms with E-state index in [-0.39, 0.29) is 13.1 Å². The molecular weight excluding hydrogens is 296 g/mol. The van der Waals surface area contributed by atoms with Crippen LogP contribution in [0, 0.1) is 11.6 Å². The lowest BCUT2D eigenvalue weighted by Crippen LogP contribution is -2.31. The number of benzene rings is 2. The van der Waals surface area contributed by atoms with Crippen molar-refractivity contribution in [2.75, 3.05) is 6.54 Å². The fourth-order valence-electron chi connectivity index (χ4n) is 1.98. The van der Waals surface area contributed by atoms with Gasteiger partial charge in [0.2, 0.25) is 10.0 Å². The SMILES string of the molecule is CCN(Cc1ccccc1)S(=O)(=O)c1ccc(F)cc1F. The minimum Gasteiger partial charge on any atom is -0.207 e. The summed E-state index contributed by atoms with van der Waals surface area (Å²) in [6, 6.07) is 11.5. The van der Waals surface area contributed by atoms with Gasteiger partial charge in [-0.1, -0.05) is 37.3 Å². The predicted octanol–water partition coefficient (Wildman–Crippen LogP) is 3.18. The zero-order chi connectivity index (χ0) is 15.5. The molecule has 0 amide bonds. The molecule has 2 aromatic carbocycles. The molecule has 0 heterocycles. The van der Waals surface area contributed by atoms with Gasteiger partial charge in [-0.3, -0.25) is 0 Å². The van der Waals surface area contributed by atoms with Crippen molar-refractivity contribution in [2.24, 2.45) is 0 Å². The normalized spacial score (nSPS) is 11.8. The molecule has 21 heavy (non-hydrogen) atoms. The molecule has 2 rings (SSSR count). The van der Waals surface area contributed by atoms with E-state index in [4.69, 9.17) is 0 Å². The monoisotopic (exact) mass is 311 g/mol. The van der Waals surface area contributed by atoms with Crippen molar-refractivity contribution in [3.05, 3.63) is 65.7 Å². The summed E-state index contributed by atoms with van der Waals surface area (Å²) >= 11 is 0. The molecule has 0 aliphatic heterocycles. The largest absolute Gasteiger partial charge is 0.246 e. The molecule has 0 aromatic heterocycles. The van der Waals surface area contributed by atoms with Gasteiger partial charge in [-0.2, -0.15) is 4.31 Å². The Balaban J connectivity index is 2.36. The zero-order valence-electron chi connectivity index (χ0n) is 11.5. The Morgan fingerprint density at radius 2 is 1.71 bits per heavy atom. The van der Waals surface area contributed by atoms with E-state index in [0.717, 1.165) is 22.0 Å². The van der Waals surface area contributed by atoms with E-state index in [9.17, 15) is 17.2 Å². The van der Waals surface area contributed by atoms with Crippen LogP contribution in [0.2, 0.25) is 0 Å². The quantitative estimate of drug-likeness (QED) is 0.850. The van der Waals surface area contributed by atoms with Crippen LogP contribution in [0.15, 0.2) is 53.4 Å². The Kier molecular flexibility index (Phi) is 4.69. The molecule has 0 aliphatic carbocycles. The first-order valence-corrected chi connectivity index (χ1v) is 7.88. The molecular formula is C15H15F2NO2S. The van der Waals surface area contributed by atoms with Crippen molar-refractivity contribution in [2.45, 2.75) is 18.4 Å². The summed E-state index contributed by atoms with van der Waals surface area (Å²) in [4.78, 5) is -0.512. The van der Waals surface area contributed by atoms with E-state index >= 15 is 0 Å². The van der Waals surface area contributed by atoms with Crippen LogP contribution < -0.4 is 0 Å². The molecule has 0 aliphatic rings. The first-order chi connectivity index (χ1) is 9.95. The second-order valence-electron chi connectivity index (χ2n) is 4.49. The van der Waals surface area contributed by atoms with Gasteiger partial charge in [0.1, 0.15) is 16.5 Å². The Bertz CT molecular complexity index is 718. The maximum absolute atomic E-state index is 13.7. The molecule has 0 bridgehead atoms. The van der Waals surface area contributed by atoms with Crippen LogP contribution in [-0.4, -0.2) is 19.3 Å². The van der Waals surface area contributed by atoms with Crippen LogP contribution in [-0.2, 0) is 16.6 Å². The lowest BCUT2D eigenvalue weighted by atomic mass is 10.2. The number of halogens is 2. The third-order valence-corrected chi connectivity index (χ3v) is 5.02. The Labute approximate surface area is 122 Å². The summed E-state index contributed by atoms with van der Waals surface area (Å²) in [5, 5.41) is 0. The first kappa shape index (κ1) is 15.6. The van der Waals surface area contributed by atoms with Crippen LogP contribution in [0.1, 0.15) is 12.5 Å². The average Bonchev–Trinajstić information content (AvgIpc) is 2.45. The Morgan fingerprint density at radius 1 is 1.05 bits per heavy atom. The predicted molar refractivity (Wildman–Crippen MR) is 76.1 cm³/mol. The lowest BCUT2D eigenvalue weighted by Gasteiger charge is -2.21. The summed E-state index contributed by atoms with van der Waals surface area (Å²) in [7, 11) is -4.01. The minimum absolute atomic E-state index is 0.135. The number of rotatable bonds is 5. The third kappa shape index (κ3) is 3.46. The van der Waals surface area contributed by atoms with Gasteiger partial charge in [-0.15, -0.1) is 0 Å². The summed E-state index contributed by atoms with van der Waals surface area (Å²) in [5.74, 6) is -1.89. The highest BCUT2D eigenvalue weighted by Crippen LogP contribution is 2.21. The molecule has 0 fully saturated rings. The molecule has 0 atom stereocenters. The van der Waals surface area contributed by atoms with Crippen LogP contribution in [0.3, 0.4) is 0 Å². The fourth-order valence-corrected chi connectivity index (χ4v) is 3.46. The topological polar surface area (TPSA) is 37.4 Å². The van der Waals surface area contributed by atoms with Crippen molar-refractivity contribution >= 4 is 10.0 Å². The molecule has 0 saturated heterocycles. The molecule has 0 radical (unpaired) electrons. The maximum atomic E-state index is 13.7. The van der Waals surface area contributed by atoms with Crippen LogP contribution in [0.25, 0.3) is 0 Å². The van der Waals surface area contributed by atoms with Crippen molar-refractivity contribution in [1.29, 1.82) is 0 Å². The van der Waals surface area contributed by atoms with E-state index < -0.39 is 26.6 Å². The summed E-state index contributed by atoms with van der Waals surface area (Å²) in [6.07, 6.45) is 0. The highest BCUT2D eigenvalue weighted by atomic mass is 32.2. The molecule has 6 heteroatoms. The summed E-state index contributed by atoms with van der Waals surface area (Å²) < 4.78 is 52.7. The standard InChI is InChI=1S/C15H15F2NO2S/c1-2-18(11-12-6-4-3-5-7-12)21(19,20)15-9-8-13(16)10-14(15)17/h3-10H,2,11H2,1H3. The van der Waals surface area contributed by atoms with Gasteiger partial charge >= 0.3 is 0 Å². The highest BCUT2D eigenvalue weighted by Gasteiger charge is 2.26. The highest BCUT2D eigenvalue weighted by molar-refractivity contribution is 7.89. The summed E-state index contributed by atoms with van der Waals surface area (Å²) in [5.41, 5.74) is 0.797. The van der Waals surface area contributed by atoms with Crippen molar-refractivity contribution in [3.63, 3.8) is 0 Å². The minimum atomic E-state index is -4.01. The Hall–Kier alpha value is -1.79. The van der Waals surface area contributed by atoms with Gasteiger partial charge in [0, 0.05) is 19.2 Å². The summed E-state index contributed by atoms with van der Waals surface area (Å²) in [6.45, 7) is 1.99. The van der Waals surface area contributed by atoms with Gasteiger partial charge in [0.15, 0.2) is 0 Å². The molecule has 2 aromatic rings. The van der Waals surface area contributed by atoms with E-state index in [1.54, 1.807) is 31.2 Å². The number of nitrogens with zero attached hydrogens (tertiary/aromatic N) is 1. The van der Waals surface area contributed by atoms with Crippen LogP contribution >= 0.6 is 0 Å². The molecule has 0 unspecified atom stereocenters. The Morgan fingerprint density at radius 3 is 2.29 bits per heavy atom. The van der Waals surface area contributed by atoms with E-state index in [1.165, 1.54) is 0 Å². The molecule has 0 saturated carbocycles. The molecule has 0 spiro atoms. The smallest absolute Gasteiger partial charge is 0.207 e. The fraction of sp³-hybridized carbons (Fsp3) is 0.200. The van der Waals surface area contributed by atoms with Gasteiger partial charge < -0.3 is 0 Å². The lowest BCUT2D eigenvalue weighted by molar-refractivity contribution is 0.418. The van der Waals surface area contributed by atoms with Gasteiger partial charge in [-0.05, 0) is 17.7 Å². The molecule has 112 valence electrons. The van der Waals surface area contributed by atoms with E-state index in [0.29, 0.717) is 6.07 Å². The number of hydrogen-bond acceptors (Lipinski definition) is 2. The maximum Gasteiger partial charge on any atom is 0.246 e. The van der Waals surface area contributed by atoms with Gasteiger partial charge in [-0.25, -0.2) is 17.2 Å². The second-order valence-corrected chi connectivity index (χ2v) is 6.40. The number of hydrogen-bond donors (Lipinski definition) is 0.